The summed E-state index contributed by atoms with van der Waals surface area (Å²) in [7, 11) is -1.43. The number of amides is 1. The third kappa shape index (κ3) is 4.75. The van der Waals surface area contributed by atoms with Gasteiger partial charge >= 0.3 is 0 Å². The van der Waals surface area contributed by atoms with Crippen molar-refractivity contribution in [3.63, 3.8) is 0 Å². The van der Waals surface area contributed by atoms with Gasteiger partial charge in [-0.3, -0.25) is 14.6 Å². The third-order valence-corrected chi connectivity index (χ3v) is 6.15. The summed E-state index contributed by atoms with van der Waals surface area (Å²) in [4.78, 5) is 20.7. The minimum atomic E-state index is -3.18. The zero-order valence-electron chi connectivity index (χ0n) is 14.3. The highest BCUT2D eigenvalue weighted by atomic mass is 32.2. The van der Waals surface area contributed by atoms with E-state index in [9.17, 15) is 13.2 Å². The van der Waals surface area contributed by atoms with E-state index in [1.54, 1.807) is 11.9 Å². The predicted molar refractivity (Wildman–Crippen MR) is 100 cm³/mol. The van der Waals surface area contributed by atoms with Gasteiger partial charge in [-0.05, 0) is 25.0 Å². The zero-order chi connectivity index (χ0) is 18.0. The summed E-state index contributed by atoms with van der Waals surface area (Å²) in [5, 5.41) is 0.694. The van der Waals surface area contributed by atoms with Crippen molar-refractivity contribution in [3.05, 3.63) is 24.3 Å². The number of sulfonamides is 1. The summed E-state index contributed by atoms with van der Waals surface area (Å²) in [5.74, 6) is -0.00595. The number of rotatable bonds is 5. The number of para-hydroxylation sites is 1. The summed E-state index contributed by atoms with van der Waals surface area (Å²) < 4.78 is 26.3. The molecule has 25 heavy (non-hydrogen) atoms. The van der Waals surface area contributed by atoms with Crippen molar-refractivity contribution in [1.29, 1.82) is 0 Å². The Bertz CT molecular complexity index is 824. The van der Waals surface area contributed by atoms with E-state index >= 15 is 0 Å². The number of likely N-dealkylation sites (tertiary alicyclic amines) is 1. The molecule has 0 radical (unpaired) electrons. The normalized spacial score (nSPS) is 17.0. The third-order valence-electron chi connectivity index (χ3n) is 4.27. The number of hydrogen-bond donors (Lipinski definition) is 1. The van der Waals surface area contributed by atoms with Crippen molar-refractivity contribution >= 4 is 42.6 Å². The maximum atomic E-state index is 12.5. The lowest BCUT2D eigenvalue weighted by Gasteiger charge is -2.32. The largest absolute Gasteiger partial charge is 0.294 e. The van der Waals surface area contributed by atoms with Gasteiger partial charge in [0.25, 0.3) is 0 Å². The molecule has 3 rings (SSSR count). The Labute approximate surface area is 151 Å². The number of nitrogens with one attached hydrogen (secondary N) is 1. The number of carbonyl (C=O) groups excluding carboxylic acids is 1. The van der Waals surface area contributed by atoms with Crippen LogP contribution in [0.2, 0.25) is 0 Å². The number of nitrogens with zero attached hydrogens (tertiary/aromatic N) is 3. The fourth-order valence-corrected chi connectivity index (χ4v) is 4.70. The zero-order valence-corrected chi connectivity index (χ0v) is 15.9. The highest BCUT2D eigenvalue weighted by molar-refractivity contribution is 7.88. The molecule has 0 atom stereocenters. The van der Waals surface area contributed by atoms with Crippen LogP contribution >= 0.6 is 11.3 Å². The molecule has 1 aliphatic heterocycles. The van der Waals surface area contributed by atoms with Gasteiger partial charge in [-0.2, -0.15) is 0 Å². The molecule has 1 fully saturated rings. The van der Waals surface area contributed by atoms with Crippen molar-refractivity contribution in [2.75, 3.05) is 37.8 Å². The minimum absolute atomic E-state index is 0.00595. The molecule has 0 aliphatic carbocycles. The summed E-state index contributed by atoms with van der Waals surface area (Å²) in [6.45, 7) is 1.72. The van der Waals surface area contributed by atoms with E-state index in [2.05, 4.69) is 14.6 Å². The maximum absolute atomic E-state index is 12.5. The summed E-state index contributed by atoms with van der Waals surface area (Å²) >= 11 is 1.50. The summed E-state index contributed by atoms with van der Waals surface area (Å²) in [5.41, 5.74) is 0.898. The van der Waals surface area contributed by atoms with E-state index < -0.39 is 10.0 Å². The predicted octanol–water partition coefficient (Wildman–Crippen LogP) is 1.27. The van der Waals surface area contributed by atoms with Gasteiger partial charge in [0.1, 0.15) is 0 Å². The van der Waals surface area contributed by atoms with Gasteiger partial charge in [-0.1, -0.05) is 23.5 Å². The van der Waals surface area contributed by atoms with Crippen molar-refractivity contribution in [1.82, 2.24) is 14.6 Å². The van der Waals surface area contributed by atoms with E-state index in [4.69, 9.17) is 0 Å². The molecular weight excluding hydrogens is 360 g/mol. The molecule has 0 saturated carbocycles. The second-order valence-corrected chi connectivity index (χ2v) is 9.15. The van der Waals surface area contributed by atoms with Crippen LogP contribution in [0.1, 0.15) is 12.8 Å². The molecule has 2 aromatic rings. The van der Waals surface area contributed by atoms with Crippen LogP contribution in [0.3, 0.4) is 0 Å². The van der Waals surface area contributed by atoms with Crippen LogP contribution in [0.5, 0.6) is 0 Å². The molecule has 2 heterocycles. The molecule has 0 spiro atoms. The van der Waals surface area contributed by atoms with E-state index in [0.29, 0.717) is 37.6 Å². The van der Waals surface area contributed by atoms with Gasteiger partial charge in [0.05, 0.1) is 23.0 Å². The summed E-state index contributed by atoms with van der Waals surface area (Å²) in [6.07, 6.45) is 2.60. The van der Waals surface area contributed by atoms with Crippen LogP contribution in [0, 0.1) is 0 Å². The van der Waals surface area contributed by atoms with Crippen molar-refractivity contribution in [2.45, 2.75) is 18.9 Å². The number of hydrogen-bond acceptors (Lipinski definition) is 6. The van der Waals surface area contributed by atoms with E-state index in [1.807, 2.05) is 24.3 Å². The number of piperidine rings is 1. The molecule has 1 N–H and O–H groups in total. The molecule has 7 nitrogen and oxygen atoms in total. The Kier molecular flexibility index (Phi) is 5.38. The Morgan fingerprint density at radius 2 is 2.04 bits per heavy atom. The second-order valence-electron chi connectivity index (χ2n) is 6.36. The van der Waals surface area contributed by atoms with Crippen LogP contribution in [-0.4, -0.2) is 63.2 Å². The van der Waals surface area contributed by atoms with Crippen molar-refractivity contribution in [3.8, 4) is 0 Å². The Morgan fingerprint density at radius 1 is 1.36 bits per heavy atom. The molecule has 0 unspecified atom stereocenters. The standard InChI is InChI=1S/C16H22N4O3S2/c1-19(16-17-13-5-3-4-6-14(13)24-16)15(21)11-20-9-7-12(8-10-20)18-25(2,22)23/h3-6,12,18H,7-11H2,1-2H3. The van der Waals surface area contributed by atoms with Gasteiger partial charge < -0.3 is 0 Å². The Balaban J connectivity index is 1.55. The molecule has 1 aromatic heterocycles. The minimum Gasteiger partial charge on any atom is -0.294 e. The number of thiazole rings is 1. The SMILES string of the molecule is CN(C(=O)CN1CCC(NS(C)(=O)=O)CC1)c1nc2ccccc2s1. The monoisotopic (exact) mass is 382 g/mol. The number of likely N-dealkylation sites (N-methyl/N-ethyl adjacent to an activating group) is 1. The van der Waals surface area contributed by atoms with Crippen LogP contribution in [0.25, 0.3) is 10.2 Å². The first-order chi connectivity index (χ1) is 11.8. The first kappa shape index (κ1) is 18.2. The van der Waals surface area contributed by atoms with Crippen LogP contribution in [0.4, 0.5) is 5.13 Å². The first-order valence-corrected chi connectivity index (χ1v) is 10.8. The molecule has 1 saturated heterocycles. The molecular formula is C16H22N4O3S2. The highest BCUT2D eigenvalue weighted by Crippen LogP contribution is 2.28. The number of carbonyl (C=O) groups is 1. The number of anilines is 1. The molecule has 1 amide bonds. The van der Waals surface area contributed by atoms with Crippen LogP contribution in [0.15, 0.2) is 24.3 Å². The smallest absolute Gasteiger partial charge is 0.242 e. The van der Waals surface area contributed by atoms with Gasteiger partial charge in [0, 0.05) is 26.2 Å². The van der Waals surface area contributed by atoms with Crippen molar-refractivity contribution in [2.24, 2.45) is 0 Å². The fourth-order valence-electron chi connectivity index (χ4n) is 2.92. The van der Waals surface area contributed by atoms with Gasteiger partial charge in [-0.15, -0.1) is 0 Å². The van der Waals surface area contributed by atoms with E-state index in [1.165, 1.54) is 17.6 Å². The second kappa shape index (κ2) is 7.36. The van der Waals surface area contributed by atoms with Crippen LogP contribution < -0.4 is 9.62 Å². The number of fused-ring (bicyclic) bond motifs is 1. The molecule has 1 aliphatic rings. The quantitative estimate of drug-likeness (QED) is 0.842. The molecule has 0 bridgehead atoms. The average molecular weight is 383 g/mol. The molecule has 136 valence electrons. The maximum Gasteiger partial charge on any atom is 0.242 e. The van der Waals surface area contributed by atoms with Gasteiger partial charge in [-0.25, -0.2) is 18.1 Å². The average Bonchev–Trinajstić information content (AvgIpc) is 2.98. The van der Waals surface area contributed by atoms with Crippen molar-refractivity contribution < 1.29 is 13.2 Å². The highest BCUT2D eigenvalue weighted by Gasteiger charge is 2.24. The fraction of sp³-hybridized carbons (Fsp3) is 0.500. The Hall–Kier alpha value is -1.55. The van der Waals surface area contributed by atoms with Gasteiger partial charge in [0.15, 0.2) is 5.13 Å². The topological polar surface area (TPSA) is 82.6 Å². The summed E-state index contributed by atoms with van der Waals surface area (Å²) in [6, 6.07) is 7.79. The lowest BCUT2D eigenvalue weighted by Crippen LogP contribution is -2.47. The van der Waals surface area contributed by atoms with E-state index in [0.717, 1.165) is 10.2 Å². The van der Waals surface area contributed by atoms with E-state index in [-0.39, 0.29) is 11.9 Å². The first-order valence-electron chi connectivity index (χ1n) is 8.13. The number of aromatic nitrogens is 1. The Morgan fingerprint density at radius 3 is 2.68 bits per heavy atom. The van der Waals surface area contributed by atoms with Crippen LogP contribution in [-0.2, 0) is 14.8 Å². The number of benzene rings is 1. The lowest BCUT2D eigenvalue weighted by atomic mass is 10.1. The molecule has 9 heteroatoms. The lowest BCUT2D eigenvalue weighted by molar-refractivity contribution is -0.119. The molecule has 1 aromatic carbocycles. The van der Waals surface area contributed by atoms with Gasteiger partial charge in [0.2, 0.25) is 15.9 Å².